The zero-order chi connectivity index (χ0) is 10.7. The second kappa shape index (κ2) is 4.35. The van der Waals surface area contributed by atoms with E-state index in [9.17, 15) is 4.79 Å². The predicted octanol–water partition coefficient (Wildman–Crippen LogP) is 1.90. The van der Waals surface area contributed by atoms with Crippen molar-refractivity contribution >= 4 is 23.2 Å². The maximum Gasteiger partial charge on any atom is 0.304 e. The highest BCUT2D eigenvalue weighted by atomic mass is 32.2. The Hall–Kier alpha value is -1.49. The third-order valence-electron chi connectivity index (χ3n) is 1.96. The minimum absolute atomic E-state index is 0.190. The first kappa shape index (κ1) is 10.0. The maximum atomic E-state index is 10.3. The highest BCUT2D eigenvalue weighted by Crippen LogP contribution is 2.20. The Bertz CT molecular complexity index is 481. The van der Waals surface area contributed by atoms with Crippen LogP contribution in [-0.2, 0) is 4.79 Å². The van der Waals surface area contributed by atoms with Crippen LogP contribution in [0.25, 0.3) is 5.52 Å². The number of carboxylic acids is 1. The van der Waals surface area contributed by atoms with Gasteiger partial charge in [-0.1, -0.05) is 0 Å². The quantitative estimate of drug-likeness (QED) is 0.803. The van der Waals surface area contributed by atoms with Crippen LogP contribution in [0.3, 0.4) is 0 Å². The summed E-state index contributed by atoms with van der Waals surface area (Å²) in [6.07, 6.45) is 3.80. The van der Waals surface area contributed by atoms with Crippen LogP contribution in [0.2, 0.25) is 0 Å². The van der Waals surface area contributed by atoms with E-state index in [0.29, 0.717) is 5.75 Å². The largest absolute Gasteiger partial charge is 0.481 e. The van der Waals surface area contributed by atoms with Gasteiger partial charge in [-0.2, -0.15) is 5.10 Å². The molecule has 0 saturated heterocycles. The zero-order valence-electron chi connectivity index (χ0n) is 7.96. The summed E-state index contributed by atoms with van der Waals surface area (Å²) in [6.45, 7) is 0. The summed E-state index contributed by atoms with van der Waals surface area (Å²) >= 11 is 1.55. The van der Waals surface area contributed by atoms with Gasteiger partial charge in [-0.3, -0.25) is 4.79 Å². The molecule has 2 heterocycles. The average Bonchev–Trinajstić information content (AvgIpc) is 2.64. The van der Waals surface area contributed by atoms with Crippen LogP contribution < -0.4 is 0 Å². The average molecular weight is 222 g/mol. The Morgan fingerprint density at radius 2 is 2.40 bits per heavy atom. The molecule has 0 radical (unpaired) electrons. The Morgan fingerprint density at radius 1 is 1.53 bits per heavy atom. The standard InChI is InChI=1S/C10H10N2O2S/c13-10(14)3-6-15-9-2-5-12-8(7-9)1-4-11-12/h1-2,4-5,7H,3,6H2,(H,13,14). The maximum absolute atomic E-state index is 10.3. The van der Waals surface area contributed by atoms with Gasteiger partial charge in [-0.15, -0.1) is 11.8 Å². The molecule has 1 N–H and O–H groups in total. The number of hydrogen-bond donors (Lipinski definition) is 1. The van der Waals surface area contributed by atoms with Gasteiger partial charge in [0.1, 0.15) is 0 Å². The number of hydrogen-bond acceptors (Lipinski definition) is 3. The normalized spacial score (nSPS) is 10.7. The molecule has 0 saturated carbocycles. The number of rotatable bonds is 4. The van der Waals surface area contributed by atoms with Gasteiger partial charge in [-0.25, -0.2) is 4.52 Å². The summed E-state index contributed by atoms with van der Waals surface area (Å²) in [5.41, 5.74) is 1.02. The van der Waals surface area contributed by atoms with E-state index in [0.717, 1.165) is 10.4 Å². The van der Waals surface area contributed by atoms with Crippen LogP contribution in [0.1, 0.15) is 6.42 Å². The number of carbonyl (C=O) groups is 1. The molecule has 0 aromatic carbocycles. The number of thioether (sulfide) groups is 1. The minimum Gasteiger partial charge on any atom is -0.481 e. The molecule has 0 amide bonds. The molecule has 0 fully saturated rings. The first-order chi connectivity index (χ1) is 7.25. The molecule has 4 nitrogen and oxygen atoms in total. The van der Waals surface area contributed by atoms with Crippen molar-refractivity contribution in [3.8, 4) is 0 Å². The first-order valence-corrected chi connectivity index (χ1v) is 5.52. The van der Waals surface area contributed by atoms with Crippen LogP contribution in [0, 0.1) is 0 Å². The highest BCUT2D eigenvalue weighted by Gasteiger charge is 2.00. The summed E-state index contributed by atoms with van der Waals surface area (Å²) in [5, 5.41) is 12.6. The predicted molar refractivity (Wildman–Crippen MR) is 58.2 cm³/mol. The molecule has 0 unspecified atom stereocenters. The fourth-order valence-electron chi connectivity index (χ4n) is 1.25. The van der Waals surface area contributed by atoms with Gasteiger partial charge >= 0.3 is 5.97 Å². The molecule has 0 aliphatic rings. The molecule has 2 aromatic heterocycles. The monoisotopic (exact) mass is 222 g/mol. The van der Waals surface area contributed by atoms with E-state index in [1.807, 2.05) is 24.4 Å². The van der Waals surface area contributed by atoms with Crippen molar-refractivity contribution in [3.05, 3.63) is 30.6 Å². The number of aromatic nitrogens is 2. The van der Waals surface area contributed by atoms with Crippen molar-refractivity contribution in [3.63, 3.8) is 0 Å². The number of pyridine rings is 1. The lowest BCUT2D eigenvalue weighted by molar-refractivity contribution is -0.136. The van der Waals surface area contributed by atoms with Crippen LogP contribution in [0.15, 0.2) is 35.5 Å². The van der Waals surface area contributed by atoms with E-state index in [-0.39, 0.29) is 6.42 Å². The van der Waals surface area contributed by atoms with Gasteiger partial charge in [-0.05, 0) is 18.2 Å². The molecule has 15 heavy (non-hydrogen) atoms. The minimum atomic E-state index is -0.757. The molecular weight excluding hydrogens is 212 g/mol. The smallest absolute Gasteiger partial charge is 0.304 e. The topological polar surface area (TPSA) is 54.6 Å². The van der Waals surface area contributed by atoms with Gasteiger partial charge in [0, 0.05) is 23.0 Å². The first-order valence-electron chi connectivity index (χ1n) is 4.54. The van der Waals surface area contributed by atoms with E-state index >= 15 is 0 Å². The van der Waals surface area contributed by atoms with Crippen molar-refractivity contribution in [1.82, 2.24) is 9.61 Å². The molecule has 0 spiro atoms. The van der Waals surface area contributed by atoms with Crippen LogP contribution in [0.4, 0.5) is 0 Å². The third kappa shape index (κ3) is 2.50. The molecule has 0 aliphatic carbocycles. The van der Waals surface area contributed by atoms with E-state index in [2.05, 4.69) is 5.10 Å². The van der Waals surface area contributed by atoms with Crippen LogP contribution in [-0.4, -0.2) is 26.4 Å². The summed E-state index contributed by atoms with van der Waals surface area (Å²) < 4.78 is 1.78. The van der Waals surface area contributed by atoms with Gasteiger partial charge in [0.25, 0.3) is 0 Å². The van der Waals surface area contributed by atoms with Crippen molar-refractivity contribution < 1.29 is 9.90 Å². The number of carboxylic acid groups (broad SMARTS) is 1. The molecule has 0 atom stereocenters. The number of nitrogens with zero attached hydrogens (tertiary/aromatic N) is 2. The lowest BCUT2D eigenvalue weighted by Gasteiger charge is -2.00. The van der Waals surface area contributed by atoms with Crippen LogP contribution >= 0.6 is 11.8 Å². The SMILES string of the molecule is O=C(O)CCSc1ccn2nccc2c1. The van der Waals surface area contributed by atoms with Gasteiger partial charge in [0.05, 0.1) is 11.9 Å². The third-order valence-corrected chi connectivity index (χ3v) is 2.95. The van der Waals surface area contributed by atoms with Gasteiger partial charge in [0.2, 0.25) is 0 Å². The molecular formula is C10H10N2O2S. The highest BCUT2D eigenvalue weighted by molar-refractivity contribution is 7.99. The summed E-state index contributed by atoms with van der Waals surface area (Å²) in [4.78, 5) is 11.4. The lowest BCUT2D eigenvalue weighted by atomic mass is 10.4. The Balaban J connectivity index is 2.04. The van der Waals surface area contributed by atoms with Crippen molar-refractivity contribution in [1.29, 1.82) is 0 Å². The Labute approximate surface area is 90.9 Å². The molecule has 0 aliphatic heterocycles. The van der Waals surface area contributed by atoms with Crippen LogP contribution in [0.5, 0.6) is 0 Å². The second-order valence-electron chi connectivity index (χ2n) is 3.06. The second-order valence-corrected chi connectivity index (χ2v) is 4.22. The summed E-state index contributed by atoms with van der Waals surface area (Å²) in [5.74, 6) is -0.160. The van der Waals surface area contributed by atoms with E-state index in [1.165, 1.54) is 0 Å². The number of aliphatic carboxylic acids is 1. The molecule has 2 aromatic rings. The van der Waals surface area contributed by atoms with Crippen molar-refractivity contribution in [2.24, 2.45) is 0 Å². The molecule has 0 bridgehead atoms. The van der Waals surface area contributed by atoms with E-state index in [1.54, 1.807) is 22.5 Å². The number of fused-ring (bicyclic) bond motifs is 1. The fourth-order valence-corrected chi connectivity index (χ4v) is 2.12. The van der Waals surface area contributed by atoms with Gasteiger partial charge < -0.3 is 5.11 Å². The Kier molecular flexibility index (Phi) is 2.91. The Morgan fingerprint density at radius 3 is 3.20 bits per heavy atom. The van der Waals surface area contributed by atoms with E-state index < -0.39 is 5.97 Å². The van der Waals surface area contributed by atoms with Crippen molar-refractivity contribution in [2.45, 2.75) is 11.3 Å². The summed E-state index contributed by atoms with van der Waals surface area (Å²) in [7, 11) is 0. The zero-order valence-corrected chi connectivity index (χ0v) is 8.78. The molecule has 2 rings (SSSR count). The fraction of sp³-hybridized carbons (Fsp3) is 0.200. The van der Waals surface area contributed by atoms with Crippen molar-refractivity contribution in [2.75, 3.05) is 5.75 Å². The summed E-state index contributed by atoms with van der Waals surface area (Å²) in [6, 6.07) is 5.85. The van der Waals surface area contributed by atoms with E-state index in [4.69, 9.17) is 5.11 Å². The molecule has 5 heteroatoms. The molecule has 78 valence electrons. The van der Waals surface area contributed by atoms with Gasteiger partial charge in [0.15, 0.2) is 0 Å². The lowest BCUT2D eigenvalue weighted by Crippen LogP contribution is -1.95.